The Hall–Kier alpha value is -2.28. The molecule has 1 atom stereocenters. The van der Waals surface area contributed by atoms with E-state index in [1.807, 2.05) is 4.68 Å². The zero-order chi connectivity index (χ0) is 18.6. The summed E-state index contributed by atoms with van der Waals surface area (Å²) in [5.74, 6) is 0.372. The molecule has 27 heavy (non-hydrogen) atoms. The zero-order valence-electron chi connectivity index (χ0n) is 16.0. The standard InChI is InChI=1S/C20H28N6O/c1-15(27)21-10-12-26-20-19(22-8-9-23-20)18(24-26)17-7-11-25(14-17)13-16-5-3-2-4-6-16/h5,8-9,17H,2-4,6-7,10-14H2,1H3,(H,21,27). The molecule has 1 fully saturated rings. The lowest BCUT2D eigenvalue weighted by atomic mass is 9.99. The van der Waals surface area contributed by atoms with E-state index in [9.17, 15) is 4.79 Å². The molecule has 4 rings (SSSR count). The summed E-state index contributed by atoms with van der Waals surface area (Å²) in [6.07, 6.45) is 12.2. The maximum absolute atomic E-state index is 11.1. The lowest BCUT2D eigenvalue weighted by Crippen LogP contribution is -2.25. The van der Waals surface area contributed by atoms with Crippen LogP contribution in [0.25, 0.3) is 11.2 Å². The van der Waals surface area contributed by atoms with Gasteiger partial charge in [0.15, 0.2) is 5.65 Å². The van der Waals surface area contributed by atoms with Crippen molar-refractivity contribution in [1.29, 1.82) is 0 Å². The predicted octanol–water partition coefficient (Wildman–Crippen LogP) is 2.25. The minimum Gasteiger partial charge on any atom is -0.354 e. The molecule has 0 radical (unpaired) electrons. The Morgan fingerprint density at radius 2 is 2.19 bits per heavy atom. The van der Waals surface area contributed by atoms with E-state index in [1.54, 1.807) is 18.0 Å². The molecule has 1 unspecified atom stereocenters. The highest BCUT2D eigenvalue weighted by Gasteiger charge is 2.29. The first-order valence-corrected chi connectivity index (χ1v) is 10.0. The fourth-order valence-electron chi connectivity index (χ4n) is 4.23. The molecule has 0 saturated carbocycles. The van der Waals surface area contributed by atoms with E-state index < -0.39 is 0 Å². The highest BCUT2D eigenvalue weighted by Crippen LogP contribution is 2.31. The van der Waals surface area contributed by atoms with E-state index >= 15 is 0 Å². The van der Waals surface area contributed by atoms with Crippen LogP contribution < -0.4 is 5.32 Å². The number of carbonyl (C=O) groups excluding carboxylic acids is 1. The van der Waals surface area contributed by atoms with Gasteiger partial charge in [-0.2, -0.15) is 5.10 Å². The number of aromatic nitrogens is 4. The number of fused-ring (bicyclic) bond motifs is 1. The fraction of sp³-hybridized carbons (Fsp3) is 0.600. The van der Waals surface area contributed by atoms with Gasteiger partial charge in [0.05, 0.1) is 12.2 Å². The predicted molar refractivity (Wildman–Crippen MR) is 104 cm³/mol. The average molecular weight is 368 g/mol. The van der Waals surface area contributed by atoms with Gasteiger partial charge in [-0.1, -0.05) is 11.6 Å². The van der Waals surface area contributed by atoms with Crippen LogP contribution in [0.4, 0.5) is 0 Å². The van der Waals surface area contributed by atoms with Gasteiger partial charge in [0.1, 0.15) is 5.52 Å². The molecule has 2 aliphatic rings. The minimum absolute atomic E-state index is 0.0266. The van der Waals surface area contributed by atoms with E-state index in [1.165, 1.54) is 32.6 Å². The molecule has 1 aliphatic heterocycles. The fourth-order valence-corrected chi connectivity index (χ4v) is 4.23. The van der Waals surface area contributed by atoms with Gasteiger partial charge in [0.2, 0.25) is 5.91 Å². The summed E-state index contributed by atoms with van der Waals surface area (Å²) in [4.78, 5) is 22.7. The number of carbonyl (C=O) groups is 1. The number of amides is 1. The maximum atomic E-state index is 11.1. The highest BCUT2D eigenvalue weighted by atomic mass is 16.1. The largest absolute Gasteiger partial charge is 0.354 e. The number of hydrogen-bond acceptors (Lipinski definition) is 5. The molecule has 7 nitrogen and oxygen atoms in total. The van der Waals surface area contributed by atoms with Gasteiger partial charge in [0, 0.05) is 44.9 Å². The van der Waals surface area contributed by atoms with E-state index in [2.05, 4.69) is 26.3 Å². The third-order valence-corrected chi connectivity index (χ3v) is 5.56. The van der Waals surface area contributed by atoms with Crippen LogP contribution in [0.5, 0.6) is 0 Å². The van der Waals surface area contributed by atoms with Crippen LogP contribution in [0.3, 0.4) is 0 Å². The molecule has 1 aliphatic carbocycles. The first-order valence-electron chi connectivity index (χ1n) is 10.0. The monoisotopic (exact) mass is 368 g/mol. The summed E-state index contributed by atoms with van der Waals surface area (Å²) in [6.45, 7) is 5.93. The van der Waals surface area contributed by atoms with Crippen molar-refractivity contribution in [2.24, 2.45) is 0 Å². The summed E-state index contributed by atoms with van der Waals surface area (Å²) in [7, 11) is 0. The number of hydrogen-bond donors (Lipinski definition) is 1. The molecule has 0 bridgehead atoms. The van der Waals surface area contributed by atoms with Crippen molar-refractivity contribution < 1.29 is 4.79 Å². The molecule has 1 N–H and O–H groups in total. The molecule has 0 aromatic carbocycles. The maximum Gasteiger partial charge on any atom is 0.216 e. The summed E-state index contributed by atoms with van der Waals surface area (Å²) >= 11 is 0. The van der Waals surface area contributed by atoms with Crippen LogP contribution in [-0.2, 0) is 11.3 Å². The lowest BCUT2D eigenvalue weighted by molar-refractivity contribution is -0.118. The van der Waals surface area contributed by atoms with Gasteiger partial charge in [-0.15, -0.1) is 0 Å². The molecule has 1 amide bonds. The Morgan fingerprint density at radius 1 is 1.30 bits per heavy atom. The third-order valence-electron chi connectivity index (χ3n) is 5.56. The van der Waals surface area contributed by atoms with Crippen molar-refractivity contribution in [3.05, 3.63) is 29.7 Å². The van der Waals surface area contributed by atoms with Crippen LogP contribution in [0.1, 0.15) is 50.6 Å². The summed E-state index contributed by atoms with van der Waals surface area (Å²) in [6, 6.07) is 0. The Bertz CT molecular complexity index is 842. The highest BCUT2D eigenvalue weighted by molar-refractivity contribution is 5.74. The average Bonchev–Trinajstić information content (AvgIpc) is 3.27. The van der Waals surface area contributed by atoms with Crippen molar-refractivity contribution >= 4 is 17.1 Å². The molecular formula is C20H28N6O. The Labute approximate surface area is 159 Å². The molecule has 7 heteroatoms. The molecule has 2 aromatic rings. The van der Waals surface area contributed by atoms with E-state index in [4.69, 9.17) is 5.10 Å². The Balaban J connectivity index is 1.48. The summed E-state index contributed by atoms with van der Waals surface area (Å²) < 4.78 is 1.89. The number of likely N-dealkylation sites (tertiary alicyclic amines) is 1. The molecule has 3 heterocycles. The van der Waals surface area contributed by atoms with Crippen molar-refractivity contribution in [1.82, 2.24) is 30.0 Å². The van der Waals surface area contributed by atoms with Gasteiger partial charge in [-0.25, -0.2) is 14.6 Å². The first kappa shape index (κ1) is 18.1. The molecular weight excluding hydrogens is 340 g/mol. The van der Waals surface area contributed by atoms with E-state index in [0.717, 1.165) is 42.9 Å². The second kappa shape index (κ2) is 8.17. The van der Waals surface area contributed by atoms with Gasteiger partial charge in [-0.05, 0) is 38.6 Å². The van der Waals surface area contributed by atoms with Gasteiger partial charge < -0.3 is 5.32 Å². The molecule has 0 spiro atoms. The third kappa shape index (κ3) is 4.18. The molecule has 2 aromatic heterocycles. The first-order chi connectivity index (χ1) is 13.2. The summed E-state index contributed by atoms with van der Waals surface area (Å²) in [5.41, 5.74) is 4.38. The number of nitrogens with zero attached hydrogens (tertiary/aromatic N) is 5. The quantitative estimate of drug-likeness (QED) is 0.792. The molecule has 144 valence electrons. The summed E-state index contributed by atoms with van der Waals surface area (Å²) in [5, 5.41) is 7.68. The van der Waals surface area contributed by atoms with Crippen LogP contribution >= 0.6 is 0 Å². The SMILES string of the molecule is CC(=O)NCCn1nc(C2CCN(CC3=CCCCC3)C2)c2nccnc21. The van der Waals surface area contributed by atoms with Crippen molar-refractivity contribution in [3.63, 3.8) is 0 Å². The van der Waals surface area contributed by atoms with Gasteiger partial charge >= 0.3 is 0 Å². The smallest absolute Gasteiger partial charge is 0.216 e. The minimum atomic E-state index is -0.0266. The van der Waals surface area contributed by atoms with Crippen LogP contribution in [0.2, 0.25) is 0 Å². The van der Waals surface area contributed by atoms with E-state index in [-0.39, 0.29) is 5.91 Å². The number of allylic oxidation sites excluding steroid dienone is 1. The number of nitrogens with one attached hydrogen (secondary N) is 1. The van der Waals surface area contributed by atoms with Crippen LogP contribution in [-0.4, -0.2) is 56.7 Å². The van der Waals surface area contributed by atoms with Crippen LogP contribution in [0.15, 0.2) is 24.0 Å². The van der Waals surface area contributed by atoms with Gasteiger partial charge in [0.25, 0.3) is 0 Å². The lowest BCUT2D eigenvalue weighted by Gasteiger charge is -2.20. The zero-order valence-corrected chi connectivity index (χ0v) is 16.0. The van der Waals surface area contributed by atoms with Crippen molar-refractivity contribution in [2.75, 3.05) is 26.2 Å². The van der Waals surface area contributed by atoms with Crippen molar-refractivity contribution in [2.45, 2.75) is 51.5 Å². The second-order valence-corrected chi connectivity index (χ2v) is 7.65. The number of rotatable bonds is 6. The normalized spacial score (nSPS) is 20.8. The Morgan fingerprint density at radius 3 is 3.00 bits per heavy atom. The van der Waals surface area contributed by atoms with Crippen LogP contribution in [0, 0.1) is 0 Å². The van der Waals surface area contributed by atoms with E-state index in [0.29, 0.717) is 19.0 Å². The molecule has 1 saturated heterocycles. The topological polar surface area (TPSA) is 75.9 Å². The second-order valence-electron chi connectivity index (χ2n) is 7.65. The Kier molecular flexibility index (Phi) is 5.48. The van der Waals surface area contributed by atoms with Crippen molar-refractivity contribution in [3.8, 4) is 0 Å². The van der Waals surface area contributed by atoms with Gasteiger partial charge in [-0.3, -0.25) is 9.69 Å².